The van der Waals surface area contributed by atoms with Gasteiger partial charge >= 0.3 is 0 Å². The van der Waals surface area contributed by atoms with E-state index in [1.807, 2.05) is 18.2 Å². The zero-order valence-electron chi connectivity index (χ0n) is 15.0. The predicted molar refractivity (Wildman–Crippen MR) is 106 cm³/mol. The number of ether oxygens (including phenoxy) is 1. The summed E-state index contributed by atoms with van der Waals surface area (Å²) in [5, 5.41) is 8.63. The van der Waals surface area contributed by atoms with Gasteiger partial charge < -0.3 is 4.74 Å². The van der Waals surface area contributed by atoms with Gasteiger partial charge in [-0.3, -0.25) is 4.79 Å². The molecule has 1 aliphatic carbocycles. The molecule has 1 unspecified atom stereocenters. The molecule has 0 N–H and O–H groups in total. The number of halogens is 1. The van der Waals surface area contributed by atoms with Crippen molar-refractivity contribution in [2.24, 2.45) is 4.99 Å². The fourth-order valence-corrected chi connectivity index (χ4v) is 2.83. The number of nitrogens with zero attached hydrogens (tertiary/aromatic N) is 3. The number of unbranched alkanes of at least 4 members (excludes halogenated alkanes) is 1. The van der Waals surface area contributed by atoms with Crippen LogP contribution in [0.1, 0.15) is 41.7 Å². The molecule has 1 amide bonds. The molecule has 0 saturated carbocycles. The first-order valence-corrected chi connectivity index (χ1v) is 9.24. The topological polar surface area (TPSA) is 64.4 Å². The maximum absolute atomic E-state index is 12.4. The van der Waals surface area contributed by atoms with E-state index in [0.717, 1.165) is 18.5 Å². The first-order valence-electron chi connectivity index (χ1n) is 8.86. The summed E-state index contributed by atoms with van der Waals surface area (Å²) in [6, 6.07) is 10.5. The highest BCUT2D eigenvalue weighted by atomic mass is 35.5. The van der Waals surface area contributed by atoms with Crippen LogP contribution in [-0.4, -0.2) is 28.4 Å². The minimum atomic E-state index is -0.348. The van der Waals surface area contributed by atoms with E-state index >= 15 is 0 Å². The minimum Gasteiger partial charge on any atom is -0.497 e. The standard InChI is InChI=1S/C21H20ClN3O2/c1-2-3-12-27-20-14-17(9-10-18(20)19-8-5-11-23-25-19)24-21(26)15-6-4-7-16(22)13-15/h4-11,13-14,18H,2-3,12H2,1H3. The Kier molecular flexibility index (Phi) is 6.49. The zero-order chi connectivity index (χ0) is 19.1. The molecule has 0 fully saturated rings. The number of hydrogen-bond acceptors (Lipinski definition) is 4. The van der Waals surface area contributed by atoms with Crippen molar-refractivity contribution >= 4 is 23.2 Å². The second-order valence-corrected chi connectivity index (χ2v) is 6.52. The van der Waals surface area contributed by atoms with Crippen molar-refractivity contribution in [1.29, 1.82) is 0 Å². The van der Waals surface area contributed by atoms with Crippen molar-refractivity contribution in [2.45, 2.75) is 25.7 Å². The molecule has 0 bridgehead atoms. The molecule has 3 rings (SSSR count). The number of hydrogen-bond donors (Lipinski definition) is 0. The van der Waals surface area contributed by atoms with Gasteiger partial charge in [0, 0.05) is 22.9 Å². The summed E-state index contributed by atoms with van der Waals surface area (Å²) >= 11 is 5.95. The lowest BCUT2D eigenvalue weighted by atomic mass is 9.96. The van der Waals surface area contributed by atoms with Crippen molar-refractivity contribution in [3.63, 3.8) is 0 Å². The summed E-state index contributed by atoms with van der Waals surface area (Å²) in [4.78, 5) is 16.6. The van der Waals surface area contributed by atoms with Gasteiger partial charge in [-0.15, -0.1) is 0 Å². The molecule has 0 radical (unpaired) electrons. The summed E-state index contributed by atoms with van der Waals surface area (Å²) in [5.41, 5.74) is 1.77. The molecule has 138 valence electrons. The fraction of sp³-hybridized carbons (Fsp3) is 0.238. The van der Waals surface area contributed by atoms with Gasteiger partial charge in [0.15, 0.2) is 0 Å². The third-order valence-corrected chi connectivity index (χ3v) is 4.27. The number of aliphatic imine (C=N–C) groups is 1. The summed E-state index contributed by atoms with van der Waals surface area (Å²) < 4.78 is 5.96. The van der Waals surface area contributed by atoms with Crippen LogP contribution in [0, 0.1) is 0 Å². The third-order valence-electron chi connectivity index (χ3n) is 4.04. The maximum atomic E-state index is 12.4. The van der Waals surface area contributed by atoms with Crippen molar-refractivity contribution in [3.05, 3.63) is 82.9 Å². The number of aromatic nitrogens is 2. The fourth-order valence-electron chi connectivity index (χ4n) is 2.64. The summed E-state index contributed by atoms with van der Waals surface area (Å²) in [6.07, 6.45) is 9.13. The minimum absolute atomic E-state index is 0.143. The first kappa shape index (κ1) is 19.0. The van der Waals surface area contributed by atoms with E-state index in [9.17, 15) is 4.79 Å². The molecule has 1 aromatic heterocycles. The number of benzene rings is 1. The van der Waals surface area contributed by atoms with Crippen LogP contribution in [0.25, 0.3) is 0 Å². The molecule has 0 aliphatic heterocycles. The van der Waals surface area contributed by atoms with Crippen molar-refractivity contribution in [3.8, 4) is 0 Å². The van der Waals surface area contributed by atoms with Crippen LogP contribution < -0.4 is 0 Å². The Morgan fingerprint density at radius 3 is 2.93 bits per heavy atom. The van der Waals surface area contributed by atoms with Crippen molar-refractivity contribution in [2.75, 3.05) is 6.61 Å². The van der Waals surface area contributed by atoms with Gasteiger partial charge in [0.2, 0.25) is 0 Å². The van der Waals surface area contributed by atoms with Crippen molar-refractivity contribution < 1.29 is 9.53 Å². The van der Waals surface area contributed by atoms with Gasteiger partial charge in [0.05, 0.1) is 23.9 Å². The zero-order valence-corrected chi connectivity index (χ0v) is 15.8. The van der Waals surface area contributed by atoms with Gasteiger partial charge in [0.25, 0.3) is 5.91 Å². The van der Waals surface area contributed by atoms with E-state index in [1.165, 1.54) is 0 Å². The maximum Gasteiger partial charge on any atom is 0.277 e. The lowest BCUT2D eigenvalue weighted by Gasteiger charge is -2.20. The van der Waals surface area contributed by atoms with Crippen molar-refractivity contribution in [1.82, 2.24) is 10.2 Å². The molecule has 1 atom stereocenters. The first-order chi connectivity index (χ1) is 13.2. The van der Waals surface area contributed by atoms with Crippen LogP contribution in [0.5, 0.6) is 0 Å². The number of carbonyl (C=O) groups is 1. The summed E-state index contributed by atoms with van der Waals surface area (Å²) in [6.45, 7) is 2.71. The number of allylic oxidation sites excluding steroid dienone is 3. The van der Waals surface area contributed by atoms with E-state index < -0.39 is 0 Å². The molecule has 0 saturated heterocycles. The van der Waals surface area contributed by atoms with Crippen LogP contribution >= 0.6 is 11.6 Å². The van der Waals surface area contributed by atoms with Gasteiger partial charge in [-0.05, 0) is 42.8 Å². The van der Waals surface area contributed by atoms with Gasteiger partial charge in [-0.2, -0.15) is 10.2 Å². The highest BCUT2D eigenvalue weighted by Gasteiger charge is 2.21. The summed E-state index contributed by atoms with van der Waals surface area (Å²) in [7, 11) is 0. The van der Waals surface area contributed by atoms with Gasteiger partial charge in [0.1, 0.15) is 5.76 Å². The average Bonchev–Trinajstić information content (AvgIpc) is 2.69. The van der Waals surface area contributed by atoms with Gasteiger partial charge in [-0.25, -0.2) is 4.99 Å². The Morgan fingerprint density at radius 2 is 2.19 bits per heavy atom. The molecule has 5 nitrogen and oxygen atoms in total. The molecule has 6 heteroatoms. The largest absolute Gasteiger partial charge is 0.497 e. The normalized spacial score (nSPS) is 17.6. The lowest BCUT2D eigenvalue weighted by Crippen LogP contribution is -2.13. The Hall–Kier alpha value is -2.79. The molecule has 2 aromatic rings. The molecular formula is C21H20ClN3O2. The molecule has 0 spiro atoms. The molecule has 27 heavy (non-hydrogen) atoms. The highest BCUT2D eigenvalue weighted by Crippen LogP contribution is 2.28. The number of amides is 1. The number of carbonyl (C=O) groups excluding carboxylic acids is 1. The smallest absolute Gasteiger partial charge is 0.277 e. The second kappa shape index (κ2) is 9.24. The Balaban J connectivity index is 1.85. The van der Waals surface area contributed by atoms with E-state index in [-0.39, 0.29) is 11.8 Å². The van der Waals surface area contributed by atoms with Gasteiger partial charge in [-0.1, -0.05) is 37.1 Å². The molecule has 1 heterocycles. The van der Waals surface area contributed by atoms with Crippen LogP contribution in [0.15, 0.2) is 71.6 Å². The highest BCUT2D eigenvalue weighted by molar-refractivity contribution is 6.31. The average molecular weight is 382 g/mol. The Bertz CT molecular complexity index is 891. The third kappa shape index (κ3) is 5.11. The SMILES string of the molecule is CCCCOC1=CC(=NC(=O)c2cccc(Cl)c2)C=CC1c1cccnn1. The molecule has 1 aliphatic rings. The van der Waals surface area contributed by atoms with E-state index in [0.29, 0.717) is 28.7 Å². The molecule has 1 aromatic carbocycles. The summed E-state index contributed by atoms with van der Waals surface area (Å²) in [5.74, 6) is 0.221. The van der Waals surface area contributed by atoms with E-state index in [2.05, 4.69) is 22.1 Å². The second-order valence-electron chi connectivity index (χ2n) is 6.09. The Labute approximate surface area is 163 Å². The predicted octanol–water partition coefficient (Wildman–Crippen LogP) is 4.77. The Morgan fingerprint density at radius 1 is 1.30 bits per heavy atom. The lowest BCUT2D eigenvalue weighted by molar-refractivity contribution is 0.100. The monoisotopic (exact) mass is 381 g/mol. The van der Waals surface area contributed by atoms with Crippen LogP contribution in [0.2, 0.25) is 5.02 Å². The quantitative estimate of drug-likeness (QED) is 0.676. The van der Waals surface area contributed by atoms with E-state index in [1.54, 1.807) is 42.6 Å². The number of rotatable bonds is 6. The van der Waals surface area contributed by atoms with Crippen LogP contribution in [0.3, 0.4) is 0 Å². The van der Waals surface area contributed by atoms with Crippen LogP contribution in [-0.2, 0) is 4.74 Å². The molecular weight excluding hydrogens is 362 g/mol. The van der Waals surface area contributed by atoms with Crippen LogP contribution in [0.4, 0.5) is 0 Å². The van der Waals surface area contributed by atoms with E-state index in [4.69, 9.17) is 16.3 Å².